The highest BCUT2D eigenvalue weighted by atomic mass is 79.9. The third-order valence-electron chi connectivity index (χ3n) is 2.83. The molecule has 88 valence electrons. The monoisotopic (exact) mass is 302 g/mol. The normalized spacial score (nSPS) is 17.8. The minimum absolute atomic E-state index is 0.630. The van der Waals surface area contributed by atoms with Crippen molar-refractivity contribution in [1.29, 1.82) is 0 Å². The number of aromatic amines is 1. The van der Waals surface area contributed by atoms with Gasteiger partial charge in [-0.3, -0.25) is 0 Å². The molecule has 0 amide bonds. The predicted octanol–water partition coefficient (Wildman–Crippen LogP) is 1.96. The molecule has 0 aliphatic carbocycles. The highest BCUT2D eigenvalue weighted by molar-refractivity contribution is 9.10. The number of piperazine rings is 1. The molecule has 4 nitrogen and oxygen atoms in total. The van der Waals surface area contributed by atoms with Gasteiger partial charge in [0.1, 0.15) is 4.64 Å². The summed E-state index contributed by atoms with van der Waals surface area (Å²) in [5.41, 5.74) is 1.04. The minimum atomic E-state index is 0.630. The van der Waals surface area contributed by atoms with Crippen LogP contribution in [0.4, 0.5) is 5.95 Å². The van der Waals surface area contributed by atoms with Gasteiger partial charge >= 0.3 is 0 Å². The van der Waals surface area contributed by atoms with Gasteiger partial charge in [-0.1, -0.05) is 12.2 Å². The van der Waals surface area contributed by atoms with E-state index in [0.29, 0.717) is 4.64 Å². The fraction of sp³-hybridized carbons (Fsp3) is 0.600. The summed E-state index contributed by atoms with van der Waals surface area (Å²) in [6.45, 7) is 6.13. The summed E-state index contributed by atoms with van der Waals surface area (Å²) in [6, 6.07) is 0. The van der Waals surface area contributed by atoms with Gasteiger partial charge in [-0.25, -0.2) is 4.98 Å². The third kappa shape index (κ3) is 2.44. The van der Waals surface area contributed by atoms with E-state index in [2.05, 4.69) is 42.7 Å². The Labute approximate surface area is 109 Å². The van der Waals surface area contributed by atoms with Crippen LogP contribution in [-0.2, 0) is 0 Å². The molecule has 1 fully saturated rings. The number of hydrogen-bond acceptors (Lipinski definition) is 4. The molecule has 2 rings (SSSR count). The van der Waals surface area contributed by atoms with Gasteiger partial charge in [0.25, 0.3) is 0 Å². The Morgan fingerprint density at radius 2 is 1.94 bits per heavy atom. The number of nitrogens with one attached hydrogen (secondary N) is 1. The quantitative estimate of drug-likeness (QED) is 0.805. The summed E-state index contributed by atoms with van der Waals surface area (Å²) in [6.07, 6.45) is 0. The van der Waals surface area contributed by atoms with Gasteiger partial charge in [-0.05, 0) is 29.9 Å². The van der Waals surface area contributed by atoms with Crippen LogP contribution >= 0.6 is 28.1 Å². The molecule has 16 heavy (non-hydrogen) atoms. The summed E-state index contributed by atoms with van der Waals surface area (Å²) in [4.78, 5) is 12.2. The maximum Gasteiger partial charge on any atom is 0.204 e. The SMILES string of the molecule is Cc1[nH]c(N2CCN(C)CC2)nc(=S)c1Br. The number of halogens is 1. The van der Waals surface area contributed by atoms with Gasteiger partial charge in [0.2, 0.25) is 5.95 Å². The van der Waals surface area contributed by atoms with Crippen molar-refractivity contribution in [3.05, 3.63) is 14.8 Å². The van der Waals surface area contributed by atoms with E-state index >= 15 is 0 Å². The van der Waals surface area contributed by atoms with Crippen LogP contribution in [0.5, 0.6) is 0 Å². The molecule has 1 aliphatic rings. The summed E-state index contributed by atoms with van der Waals surface area (Å²) in [5, 5.41) is 0. The minimum Gasteiger partial charge on any atom is -0.340 e. The second-order valence-electron chi connectivity index (χ2n) is 4.09. The third-order valence-corrected chi connectivity index (χ3v) is 4.35. The Balaban J connectivity index is 2.24. The largest absolute Gasteiger partial charge is 0.340 e. The van der Waals surface area contributed by atoms with Crippen molar-refractivity contribution in [2.45, 2.75) is 6.92 Å². The zero-order valence-corrected chi connectivity index (χ0v) is 11.9. The number of H-pyrrole nitrogens is 1. The average molecular weight is 303 g/mol. The number of aryl methyl sites for hydroxylation is 1. The Morgan fingerprint density at radius 1 is 1.31 bits per heavy atom. The van der Waals surface area contributed by atoms with E-state index in [1.807, 2.05) is 6.92 Å². The van der Waals surface area contributed by atoms with Gasteiger partial charge < -0.3 is 14.8 Å². The van der Waals surface area contributed by atoms with Gasteiger partial charge in [-0.2, -0.15) is 0 Å². The average Bonchev–Trinajstić information content (AvgIpc) is 2.26. The van der Waals surface area contributed by atoms with Crippen LogP contribution in [0.1, 0.15) is 5.69 Å². The van der Waals surface area contributed by atoms with Crippen molar-refractivity contribution in [2.24, 2.45) is 0 Å². The highest BCUT2D eigenvalue weighted by Crippen LogP contribution is 2.18. The Bertz CT molecular complexity index is 437. The second kappa shape index (κ2) is 4.81. The van der Waals surface area contributed by atoms with Crippen LogP contribution in [0.15, 0.2) is 4.47 Å². The number of hydrogen-bond donors (Lipinski definition) is 1. The van der Waals surface area contributed by atoms with Crippen LogP contribution in [-0.4, -0.2) is 48.1 Å². The second-order valence-corrected chi connectivity index (χ2v) is 5.27. The van der Waals surface area contributed by atoms with Gasteiger partial charge in [0.15, 0.2) is 0 Å². The maximum absolute atomic E-state index is 5.21. The molecule has 0 radical (unpaired) electrons. The van der Waals surface area contributed by atoms with E-state index in [9.17, 15) is 0 Å². The van der Waals surface area contributed by atoms with Crippen molar-refractivity contribution in [3.63, 3.8) is 0 Å². The summed E-state index contributed by atoms with van der Waals surface area (Å²) < 4.78 is 1.52. The molecule has 0 saturated carbocycles. The van der Waals surface area contributed by atoms with Crippen molar-refractivity contribution in [1.82, 2.24) is 14.9 Å². The first-order valence-electron chi connectivity index (χ1n) is 5.28. The first-order valence-corrected chi connectivity index (χ1v) is 6.48. The summed E-state index contributed by atoms with van der Waals surface area (Å²) in [5.74, 6) is 0.888. The van der Waals surface area contributed by atoms with Crippen molar-refractivity contribution < 1.29 is 0 Å². The first kappa shape index (κ1) is 12.0. The topological polar surface area (TPSA) is 35.2 Å². The van der Waals surface area contributed by atoms with Crippen LogP contribution < -0.4 is 4.90 Å². The number of nitrogens with zero attached hydrogens (tertiary/aromatic N) is 3. The van der Waals surface area contributed by atoms with Gasteiger partial charge in [0, 0.05) is 31.9 Å². The molecular formula is C10H15BrN4S. The maximum atomic E-state index is 5.21. The molecule has 2 heterocycles. The van der Waals surface area contributed by atoms with Crippen molar-refractivity contribution >= 4 is 34.1 Å². The van der Waals surface area contributed by atoms with E-state index in [1.54, 1.807) is 0 Å². The highest BCUT2D eigenvalue weighted by Gasteiger charge is 2.16. The fourth-order valence-corrected chi connectivity index (χ4v) is 2.15. The molecule has 1 N–H and O–H groups in total. The molecule has 1 aromatic rings. The summed E-state index contributed by atoms with van der Waals surface area (Å²) >= 11 is 8.63. The zero-order valence-electron chi connectivity index (χ0n) is 9.46. The van der Waals surface area contributed by atoms with Gasteiger partial charge in [0.05, 0.1) is 4.47 Å². The molecule has 1 aromatic heterocycles. The predicted molar refractivity (Wildman–Crippen MR) is 71.6 cm³/mol. The van der Waals surface area contributed by atoms with Crippen LogP contribution in [0.3, 0.4) is 0 Å². The Morgan fingerprint density at radius 3 is 2.50 bits per heavy atom. The molecule has 0 spiro atoms. The number of likely N-dealkylation sites (N-methyl/N-ethyl adjacent to an activating group) is 1. The van der Waals surface area contributed by atoms with E-state index < -0.39 is 0 Å². The first-order chi connectivity index (χ1) is 7.58. The fourth-order valence-electron chi connectivity index (χ4n) is 1.72. The Kier molecular flexibility index (Phi) is 3.61. The molecular weight excluding hydrogens is 288 g/mol. The summed E-state index contributed by atoms with van der Waals surface area (Å²) in [7, 11) is 2.14. The van der Waals surface area contributed by atoms with Crippen LogP contribution in [0, 0.1) is 11.6 Å². The molecule has 0 bridgehead atoms. The van der Waals surface area contributed by atoms with E-state index in [-0.39, 0.29) is 0 Å². The van der Waals surface area contributed by atoms with E-state index in [1.165, 1.54) is 0 Å². The van der Waals surface area contributed by atoms with Gasteiger partial charge in [-0.15, -0.1) is 0 Å². The standard InChI is InChI=1S/C10H15BrN4S/c1-7-8(11)9(16)13-10(12-7)15-5-3-14(2)4-6-15/h3-6H2,1-2H3,(H,12,13,16). The van der Waals surface area contributed by atoms with Crippen molar-refractivity contribution in [2.75, 3.05) is 38.1 Å². The van der Waals surface area contributed by atoms with Crippen LogP contribution in [0.2, 0.25) is 0 Å². The lowest BCUT2D eigenvalue weighted by Crippen LogP contribution is -2.45. The van der Waals surface area contributed by atoms with Crippen molar-refractivity contribution in [3.8, 4) is 0 Å². The molecule has 0 atom stereocenters. The molecule has 0 unspecified atom stereocenters. The number of rotatable bonds is 1. The molecule has 1 saturated heterocycles. The molecule has 6 heteroatoms. The Hall–Kier alpha value is -0.460. The zero-order chi connectivity index (χ0) is 11.7. The van der Waals surface area contributed by atoms with E-state index in [4.69, 9.17) is 12.2 Å². The number of anilines is 1. The lowest BCUT2D eigenvalue weighted by molar-refractivity contribution is 0.311. The van der Waals surface area contributed by atoms with Crippen LogP contribution in [0.25, 0.3) is 0 Å². The van der Waals surface area contributed by atoms with E-state index in [0.717, 1.165) is 42.3 Å². The lowest BCUT2D eigenvalue weighted by atomic mass is 10.3. The lowest BCUT2D eigenvalue weighted by Gasteiger charge is -2.32. The smallest absolute Gasteiger partial charge is 0.204 e. The molecule has 1 aliphatic heterocycles. The number of aromatic nitrogens is 2. The molecule has 0 aromatic carbocycles.